The Labute approximate surface area is 182 Å². The SMILES string of the molecule is CC1(C)C[C@@H]2C[C@](C)(CN2C(=O)CSc2nc(-c3cccs3)cc(C(F)(F)F)n2)C1. The number of carbonyl (C=O) groups is 1. The quantitative estimate of drug-likeness (QED) is 0.435. The Balaban J connectivity index is 1.51. The summed E-state index contributed by atoms with van der Waals surface area (Å²) in [4.78, 5) is 23.5. The van der Waals surface area contributed by atoms with Crippen LogP contribution in [0.1, 0.15) is 45.7 Å². The minimum Gasteiger partial charge on any atom is -0.338 e. The summed E-state index contributed by atoms with van der Waals surface area (Å²) in [5, 5.41) is 1.77. The zero-order valence-corrected chi connectivity index (χ0v) is 18.8. The molecule has 0 aromatic carbocycles. The molecular weight excluding hydrogens is 431 g/mol. The Morgan fingerprint density at radius 3 is 2.73 bits per heavy atom. The predicted octanol–water partition coefficient (Wildman–Crippen LogP) is 5.74. The van der Waals surface area contributed by atoms with Crippen molar-refractivity contribution >= 4 is 29.0 Å². The molecule has 2 aliphatic rings. The molecule has 2 aromatic heterocycles. The number of hydrogen-bond donors (Lipinski definition) is 0. The standard InChI is InChI=1S/C21H24F3N3OS2/c1-19(2)8-13-9-20(3,11-19)12-27(13)17(28)10-30-18-25-14(15-5-4-6-29-15)7-16(26-18)21(22,23)24/h4-7,13H,8-12H2,1-3H3/t13-,20+/m1/s1. The molecule has 2 bridgehead atoms. The van der Waals surface area contributed by atoms with E-state index >= 15 is 0 Å². The van der Waals surface area contributed by atoms with Crippen molar-refractivity contribution in [3.8, 4) is 10.6 Å². The number of alkyl halides is 3. The van der Waals surface area contributed by atoms with Crippen molar-refractivity contribution in [3.63, 3.8) is 0 Å². The second-order valence-corrected chi connectivity index (χ2v) is 11.3. The molecule has 0 spiro atoms. The van der Waals surface area contributed by atoms with Gasteiger partial charge in [-0.1, -0.05) is 38.6 Å². The molecular formula is C21H24F3N3OS2. The van der Waals surface area contributed by atoms with Gasteiger partial charge in [-0.3, -0.25) is 4.79 Å². The van der Waals surface area contributed by atoms with Gasteiger partial charge in [-0.2, -0.15) is 13.2 Å². The highest BCUT2D eigenvalue weighted by molar-refractivity contribution is 7.99. The molecule has 1 amide bonds. The first-order valence-electron chi connectivity index (χ1n) is 9.87. The van der Waals surface area contributed by atoms with Crippen LogP contribution in [0.25, 0.3) is 10.6 Å². The van der Waals surface area contributed by atoms with Crippen LogP contribution in [0.3, 0.4) is 0 Å². The molecule has 1 saturated heterocycles. The molecule has 30 heavy (non-hydrogen) atoms. The van der Waals surface area contributed by atoms with Crippen molar-refractivity contribution in [2.45, 2.75) is 57.4 Å². The zero-order valence-electron chi connectivity index (χ0n) is 17.1. The van der Waals surface area contributed by atoms with E-state index in [1.165, 1.54) is 11.3 Å². The number of nitrogens with zero attached hydrogens (tertiary/aromatic N) is 3. The summed E-state index contributed by atoms with van der Waals surface area (Å²) >= 11 is 2.30. The van der Waals surface area contributed by atoms with E-state index in [2.05, 4.69) is 30.7 Å². The monoisotopic (exact) mass is 455 g/mol. The summed E-state index contributed by atoms with van der Waals surface area (Å²) < 4.78 is 40.0. The fourth-order valence-corrected chi connectivity index (χ4v) is 6.58. The highest BCUT2D eigenvalue weighted by atomic mass is 32.2. The molecule has 0 unspecified atom stereocenters. The van der Waals surface area contributed by atoms with E-state index in [0.717, 1.165) is 37.1 Å². The van der Waals surface area contributed by atoms with Gasteiger partial charge in [-0.15, -0.1) is 11.3 Å². The Morgan fingerprint density at radius 2 is 2.07 bits per heavy atom. The van der Waals surface area contributed by atoms with Crippen LogP contribution in [-0.2, 0) is 11.0 Å². The van der Waals surface area contributed by atoms with E-state index in [1.54, 1.807) is 17.5 Å². The molecule has 9 heteroatoms. The Hall–Kier alpha value is -1.61. The van der Waals surface area contributed by atoms with E-state index < -0.39 is 11.9 Å². The minimum atomic E-state index is -4.57. The molecule has 2 atom stereocenters. The number of fused-ring (bicyclic) bond motifs is 2. The average Bonchev–Trinajstić information content (AvgIpc) is 3.24. The lowest BCUT2D eigenvalue weighted by molar-refractivity contribution is -0.141. The van der Waals surface area contributed by atoms with E-state index in [9.17, 15) is 18.0 Å². The van der Waals surface area contributed by atoms with Gasteiger partial charge in [0.15, 0.2) is 5.16 Å². The van der Waals surface area contributed by atoms with Crippen molar-refractivity contribution < 1.29 is 18.0 Å². The van der Waals surface area contributed by atoms with Crippen molar-refractivity contribution in [1.29, 1.82) is 0 Å². The fraction of sp³-hybridized carbons (Fsp3) is 0.571. The first-order chi connectivity index (χ1) is 13.9. The first-order valence-corrected chi connectivity index (χ1v) is 11.7. The average molecular weight is 456 g/mol. The molecule has 162 valence electrons. The van der Waals surface area contributed by atoms with Gasteiger partial charge >= 0.3 is 6.18 Å². The largest absolute Gasteiger partial charge is 0.433 e. The maximum Gasteiger partial charge on any atom is 0.433 e. The van der Waals surface area contributed by atoms with Crippen LogP contribution < -0.4 is 0 Å². The first kappa shape index (κ1) is 21.6. The number of halogens is 3. The molecule has 2 aromatic rings. The van der Waals surface area contributed by atoms with Crippen molar-refractivity contribution in [2.75, 3.05) is 12.3 Å². The number of thioether (sulfide) groups is 1. The summed E-state index contributed by atoms with van der Waals surface area (Å²) in [6.07, 6.45) is -1.54. The van der Waals surface area contributed by atoms with Crippen molar-refractivity contribution in [2.24, 2.45) is 10.8 Å². The highest BCUT2D eigenvalue weighted by Gasteiger charge is 2.50. The number of thiophene rings is 1. The minimum absolute atomic E-state index is 0.0183. The van der Waals surface area contributed by atoms with Crippen LogP contribution in [0, 0.1) is 10.8 Å². The maximum atomic E-state index is 13.3. The smallest absolute Gasteiger partial charge is 0.338 e. The van der Waals surface area contributed by atoms with Crippen LogP contribution >= 0.6 is 23.1 Å². The number of hydrogen-bond acceptors (Lipinski definition) is 5. The summed E-state index contributed by atoms with van der Waals surface area (Å²) in [7, 11) is 0. The molecule has 4 nitrogen and oxygen atoms in total. The van der Waals surface area contributed by atoms with Gasteiger partial charge in [-0.25, -0.2) is 9.97 Å². The normalized spacial score (nSPS) is 25.5. The lowest BCUT2D eigenvalue weighted by atomic mass is 9.65. The Kier molecular flexibility index (Phi) is 5.41. The van der Waals surface area contributed by atoms with E-state index in [4.69, 9.17) is 0 Å². The number of aromatic nitrogens is 2. The summed E-state index contributed by atoms with van der Waals surface area (Å²) in [6, 6.07) is 4.65. The fourth-order valence-electron chi connectivity index (χ4n) is 5.15. The number of amides is 1. The van der Waals surface area contributed by atoms with Gasteiger partial charge in [0, 0.05) is 12.6 Å². The van der Waals surface area contributed by atoms with Crippen LogP contribution in [0.2, 0.25) is 0 Å². The van der Waals surface area contributed by atoms with E-state index in [-0.39, 0.29) is 39.4 Å². The highest BCUT2D eigenvalue weighted by Crippen LogP contribution is 2.52. The number of rotatable bonds is 4. The van der Waals surface area contributed by atoms with Crippen LogP contribution in [0.5, 0.6) is 0 Å². The molecule has 4 rings (SSSR count). The molecule has 1 saturated carbocycles. The zero-order chi connectivity index (χ0) is 21.7. The third kappa shape index (κ3) is 4.51. The van der Waals surface area contributed by atoms with Crippen LogP contribution in [-0.4, -0.2) is 39.1 Å². The lowest BCUT2D eigenvalue weighted by Crippen LogP contribution is -2.38. The molecule has 0 radical (unpaired) electrons. The van der Waals surface area contributed by atoms with Crippen molar-refractivity contribution in [3.05, 3.63) is 29.3 Å². The molecule has 1 aliphatic carbocycles. The van der Waals surface area contributed by atoms with Gasteiger partial charge in [-0.05, 0) is 47.6 Å². The van der Waals surface area contributed by atoms with Gasteiger partial charge in [0.2, 0.25) is 5.91 Å². The number of carbonyl (C=O) groups excluding carboxylic acids is 1. The molecule has 0 N–H and O–H groups in total. The Morgan fingerprint density at radius 1 is 1.30 bits per heavy atom. The van der Waals surface area contributed by atoms with E-state index in [1.807, 2.05) is 4.90 Å². The molecule has 2 fully saturated rings. The Bertz CT molecular complexity index is 945. The van der Waals surface area contributed by atoms with Gasteiger partial charge in [0.05, 0.1) is 16.3 Å². The van der Waals surface area contributed by atoms with E-state index in [0.29, 0.717) is 11.4 Å². The lowest BCUT2D eigenvalue weighted by Gasteiger charge is -2.39. The maximum absolute atomic E-state index is 13.3. The second-order valence-electron chi connectivity index (χ2n) is 9.42. The van der Waals surface area contributed by atoms with Crippen LogP contribution in [0.15, 0.2) is 28.7 Å². The number of likely N-dealkylation sites (tertiary alicyclic amines) is 1. The summed E-state index contributed by atoms with van der Waals surface area (Å²) in [5.74, 6) is -0.0109. The van der Waals surface area contributed by atoms with Gasteiger partial charge in [0.1, 0.15) is 5.69 Å². The molecule has 3 heterocycles. The van der Waals surface area contributed by atoms with Crippen molar-refractivity contribution in [1.82, 2.24) is 14.9 Å². The summed E-state index contributed by atoms with van der Waals surface area (Å²) in [5.41, 5.74) is -0.443. The third-order valence-corrected chi connectivity index (χ3v) is 7.55. The van der Waals surface area contributed by atoms with Gasteiger partial charge < -0.3 is 4.90 Å². The predicted molar refractivity (Wildman–Crippen MR) is 112 cm³/mol. The van der Waals surface area contributed by atoms with Crippen LogP contribution in [0.4, 0.5) is 13.2 Å². The topological polar surface area (TPSA) is 46.1 Å². The third-order valence-electron chi connectivity index (χ3n) is 5.83. The van der Waals surface area contributed by atoms with Gasteiger partial charge in [0.25, 0.3) is 0 Å². The second kappa shape index (κ2) is 7.51. The molecule has 1 aliphatic heterocycles. The summed E-state index contributed by atoms with van der Waals surface area (Å²) in [6.45, 7) is 7.42.